The van der Waals surface area contributed by atoms with E-state index in [0.717, 1.165) is 17.0 Å². The second kappa shape index (κ2) is 10.0. The summed E-state index contributed by atoms with van der Waals surface area (Å²) in [5.41, 5.74) is 3.61. The van der Waals surface area contributed by atoms with Crippen LogP contribution in [-0.4, -0.2) is 44.3 Å². The first-order valence-corrected chi connectivity index (χ1v) is 10.1. The Morgan fingerprint density at radius 1 is 0.812 bits per heavy atom. The largest absolute Gasteiger partial charge is 0.496 e. The average molecular weight is 437 g/mol. The highest BCUT2D eigenvalue weighted by molar-refractivity contribution is 6.01. The zero-order chi connectivity index (χ0) is 23.3. The topological polar surface area (TPSA) is 76.0 Å². The molecule has 1 aromatic heterocycles. The predicted octanol–water partition coefficient (Wildman–Crippen LogP) is 4.22. The molecule has 0 radical (unpaired) electrons. The van der Waals surface area contributed by atoms with Gasteiger partial charge in [-0.25, -0.2) is 4.79 Å². The molecule has 0 amide bonds. The molecule has 0 aliphatic heterocycles. The van der Waals surface area contributed by atoms with E-state index in [0.29, 0.717) is 23.6 Å². The van der Waals surface area contributed by atoms with Crippen LogP contribution in [0.3, 0.4) is 0 Å². The molecule has 0 atom stereocenters. The van der Waals surface area contributed by atoms with Gasteiger partial charge in [-0.2, -0.15) is 0 Å². The van der Waals surface area contributed by atoms with Gasteiger partial charge < -0.3 is 23.5 Å². The Balaban J connectivity index is 1.75. The minimum Gasteiger partial charge on any atom is -0.496 e. The molecule has 0 unspecified atom stereocenters. The number of aromatic nitrogens is 1. The predicted molar refractivity (Wildman–Crippen MR) is 120 cm³/mol. The molecule has 0 saturated carbocycles. The zero-order valence-corrected chi connectivity index (χ0v) is 18.9. The Morgan fingerprint density at radius 3 is 2.06 bits per heavy atom. The first kappa shape index (κ1) is 22.9. The molecule has 168 valence electrons. The Morgan fingerprint density at radius 2 is 1.44 bits per heavy atom. The highest BCUT2D eigenvalue weighted by Crippen LogP contribution is 2.35. The summed E-state index contributed by atoms with van der Waals surface area (Å²) in [7, 11) is 4.39. The molecule has 7 heteroatoms. The van der Waals surface area contributed by atoms with Crippen molar-refractivity contribution in [3.8, 4) is 17.2 Å². The number of carbonyl (C=O) groups is 2. The summed E-state index contributed by atoms with van der Waals surface area (Å²) >= 11 is 0. The van der Waals surface area contributed by atoms with Gasteiger partial charge in [0.1, 0.15) is 11.3 Å². The van der Waals surface area contributed by atoms with Crippen molar-refractivity contribution in [2.75, 3.05) is 27.9 Å². The van der Waals surface area contributed by atoms with Crippen LogP contribution < -0.4 is 14.2 Å². The van der Waals surface area contributed by atoms with Crippen molar-refractivity contribution < 1.29 is 28.5 Å². The van der Waals surface area contributed by atoms with Gasteiger partial charge in [-0.3, -0.25) is 4.79 Å². The Labute approximate surface area is 187 Å². The summed E-state index contributed by atoms with van der Waals surface area (Å²) in [5.74, 6) is 0.0828. The van der Waals surface area contributed by atoms with E-state index in [9.17, 15) is 9.59 Å². The maximum absolute atomic E-state index is 12.8. The van der Waals surface area contributed by atoms with Crippen LogP contribution in [0.2, 0.25) is 0 Å². The highest BCUT2D eigenvalue weighted by Gasteiger charge is 2.22. The highest BCUT2D eigenvalue weighted by atomic mass is 16.5. The van der Waals surface area contributed by atoms with E-state index in [-0.39, 0.29) is 23.7 Å². The third-order valence-electron chi connectivity index (χ3n) is 5.32. The normalized spacial score (nSPS) is 10.5. The number of methoxy groups -OCH3 is 3. The van der Waals surface area contributed by atoms with Crippen molar-refractivity contribution in [2.24, 2.45) is 0 Å². The van der Waals surface area contributed by atoms with E-state index in [2.05, 4.69) is 4.57 Å². The molecule has 0 aliphatic carbocycles. The summed E-state index contributed by atoms with van der Waals surface area (Å²) in [6.07, 6.45) is 0. The minimum absolute atomic E-state index is 0.146. The van der Waals surface area contributed by atoms with Crippen molar-refractivity contribution in [3.05, 3.63) is 76.6 Å². The summed E-state index contributed by atoms with van der Waals surface area (Å²) in [4.78, 5) is 25.5. The molecule has 2 aromatic carbocycles. The lowest BCUT2D eigenvalue weighted by atomic mass is 10.1. The number of esters is 1. The van der Waals surface area contributed by atoms with E-state index in [1.54, 1.807) is 0 Å². The maximum atomic E-state index is 12.8. The van der Waals surface area contributed by atoms with E-state index >= 15 is 0 Å². The number of hydrogen-bond donors (Lipinski definition) is 0. The van der Waals surface area contributed by atoms with Gasteiger partial charge in [0.25, 0.3) is 0 Å². The maximum Gasteiger partial charge on any atom is 0.342 e. The van der Waals surface area contributed by atoms with Crippen LogP contribution in [0.4, 0.5) is 0 Å². The minimum atomic E-state index is -0.686. The number of ether oxygens (including phenoxy) is 4. The van der Waals surface area contributed by atoms with Gasteiger partial charge in [0, 0.05) is 35.6 Å². The van der Waals surface area contributed by atoms with Crippen molar-refractivity contribution in [1.82, 2.24) is 4.57 Å². The SMILES string of the molecule is COc1cc(OC)c(C(=O)OCC(=O)c2cc(C)n(Cc3ccccc3)c2C)cc1OC. The van der Waals surface area contributed by atoms with Crippen molar-refractivity contribution in [3.63, 3.8) is 0 Å². The molecular weight excluding hydrogens is 410 g/mol. The van der Waals surface area contributed by atoms with Gasteiger partial charge >= 0.3 is 5.97 Å². The lowest BCUT2D eigenvalue weighted by molar-refractivity contribution is 0.0471. The Bertz CT molecular complexity index is 1120. The lowest BCUT2D eigenvalue weighted by Gasteiger charge is -2.13. The van der Waals surface area contributed by atoms with Gasteiger partial charge in [-0.05, 0) is 25.5 Å². The number of carbonyl (C=O) groups excluding carboxylic acids is 2. The molecule has 3 rings (SSSR count). The number of hydrogen-bond acceptors (Lipinski definition) is 6. The second-order valence-electron chi connectivity index (χ2n) is 7.26. The van der Waals surface area contributed by atoms with E-state index < -0.39 is 5.97 Å². The van der Waals surface area contributed by atoms with Crippen LogP contribution in [-0.2, 0) is 11.3 Å². The Hall–Kier alpha value is -3.74. The molecule has 1 heterocycles. The molecule has 0 spiro atoms. The first-order valence-electron chi connectivity index (χ1n) is 10.1. The fraction of sp³-hybridized carbons (Fsp3) is 0.280. The van der Waals surface area contributed by atoms with Crippen molar-refractivity contribution >= 4 is 11.8 Å². The number of aryl methyl sites for hydroxylation is 1. The van der Waals surface area contributed by atoms with Crippen LogP contribution in [0.25, 0.3) is 0 Å². The standard InChI is InChI=1S/C25H27NO6/c1-16-11-19(17(2)26(16)14-18-9-7-6-8-10-18)21(27)15-32-25(28)20-12-23(30-4)24(31-5)13-22(20)29-3/h6-13H,14-15H2,1-5H3. The summed E-state index contributed by atoms with van der Waals surface area (Å²) in [5, 5.41) is 0. The van der Waals surface area contributed by atoms with Gasteiger partial charge in [-0.15, -0.1) is 0 Å². The lowest BCUT2D eigenvalue weighted by Crippen LogP contribution is -2.16. The van der Waals surface area contributed by atoms with Crippen LogP contribution in [0.5, 0.6) is 17.2 Å². The number of Topliss-reactive ketones (excluding diaryl/α,β-unsaturated/α-hetero) is 1. The quantitative estimate of drug-likeness (QED) is 0.369. The van der Waals surface area contributed by atoms with Crippen molar-refractivity contribution in [1.29, 1.82) is 0 Å². The zero-order valence-electron chi connectivity index (χ0n) is 18.9. The molecule has 3 aromatic rings. The van der Waals surface area contributed by atoms with E-state index in [1.165, 1.54) is 33.5 Å². The third-order valence-corrected chi connectivity index (χ3v) is 5.32. The molecule has 0 bridgehead atoms. The molecular formula is C25H27NO6. The summed E-state index contributed by atoms with van der Waals surface area (Å²) in [6.45, 7) is 4.12. The van der Waals surface area contributed by atoms with Gasteiger partial charge in [-0.1, -0.05) is 30.3 Å². The molecule has 32 heavy (non-hydrogen) atoms. The second-order valence-corrected chi connectivity index (χ2v) is 7.26. The smallest absolute Gasteiger partial charge is 0.342 e. The summed E-state index contributed by atoms with van der Waals surface area (Å²) < 4.78 is 23.1. The fourth-order valence-corrected chi connectivity index (χ4v) is 3.57. The molecule has 0 saturated heterocycles. The van der Waals surface area contributed by atoms with Crippen molar-refractivity contribution in [2.45, 2.75) is 20.4 Å². The van der Waals surface area contributed by atoms with Crippen LogP contribution in [0, 0.1) is 13.8 Å². The van der Waals surface area contributed by atoms with Crippen LogP contribution >= 0.6 is 0 Å². The first-order chi connectivity index (χ1) is 15.4. The number of nitrogens with zero attached hydrogens (tertiary/aromatic N) is 1. The monoisotopic (exact) mass is 437 g/mol. The third kappa shape index (κ3) is 4.77. The molecule has 0 fully saturated rings. The number of ketones is 1. The summed E-state index contributed by atoms with van der Waals surface area (Å²) in [6, 6.07) is 14.8. The van der Waals surface area contributed by atoms with Crippen LogP contribution in [0.15, 0.2) is 48.5 Å². The number of benzene rings is 2. The van der Waals surface area contributed by atoms with E-state index in [4.69, 9.17) is 18.9 Å². The molecule has 0 N–H and O–H groups in total. The Kier molecular flexibility index (Phi) is 7.20. The average Bonchev–Trinajstić information content (AvgIpc) is 3.10. The molecule has 7 nitrogen and oxygen atoms in total. The number of rotatable bonds is 9. The van der Waals surface area contributed by atoms with Gasteiger partial charge in [0.15, 0.2) is 18.1 Å². The van der Waals surface area contributed by atoms with Crippen LogP contribution in [0.1, 0.15) is 37.7 Å². The molecule has 0 aliphatic rings. The fourth-order valence-electron chi connectivity index (χ4n) is 3.57. The van der Waals surface area contributed by atoms with Gasteiger partial charge in [0.2, 0.25) is 5.78 Å². The van der Waals surface area contributed by atoms with Gasteiger partial charge in [0.05, 0.1) is 21.3 Å². The van der Waals surface area contributed by atoms with E-state index in [1.807, 2.05) is 50.2 Å².